The van der Waals surface area contributed by atoms with E-state index in [1.807, 2.05) is 18.2 Å². The number of carbonyl (C=O) groups is 3. The van der Waals surface area contributed by atoms with Crippen LogP contribution in [0.2, 0.25) is 0 Å². The Morgan fingerprint density at radius 2 is 2.04 bits per heavy atom. The lowest BCUT2D eigenvalue weighted by molar-refractivity contribution is -0.122. The summed E-state index contributed by atoms with van der Waals surface area (Å²) in [6.07, 6.45) is 2.69. The summed E-state index contributed by atoms with van der Waals surface area (Å²) in [5.41, 5.74) is 2.90. The Kier molecular flexibility index (Phi) is 4.57. The van der Waals surface area contributed by atoms with Crippen LogP contribution in [0, 0.1) is 0 Å². The highest BCUT2D eigenvalue weighted by Crippen LogP contribution is 2.39. The van der Waals surface area contributed by atoms with E-state index in [4.69, 9.17) is 4.74 Å². The second kappa shape index (κ2) is 7.03. The fraction of sp³-hybridized carbons (Fsp3) is 0.316. The number of anilines is 3. The maximum atomic E-state index is 12.6. The quantitative estimate of drug-likeness (QED) is 0.704. The smallest absolute Gasteiger partial charge is 0.341 e. The number of aryl methyl sites for hydroxylation is 1. The molecule has 1 atom stereocenters. The van der Waals surface area contributed by atoms with Crippen molar-refractivity contribution in [3.05, 3.63) is 40.3 Å². The Morgan fingerprint density at radius 3 is 2.81 bits per heavy atom. The standard InChI is InChI=1S/C19H19N3O4S/c1-26-19(25)16-10-5-4-8-14(10)27-18(16)22-15(23)9-13-17(24)21-12-7-3-2-6-11(12)20-13/h2-3,6-7,13,20H,4-5,8-9H2,1H3,(H,21,24)(H,22,23)/t13-/m0/s1. The molecule has 1 aromatic carbocycles. The average molecular weight is 385 g/mol. The second-order valence-electron chi connectivity index (χ2n) is 6.54. The minimum Gasteiger partial charge on any atom is -0.465 e. The van der Waals surface area contributed by atoms with Gasteiger partial charge in [-0.25, -0.2) is 4.79 Å². The average Bonchev–Trinajstić information content (AvgIpc) is 3.22. The zero-order chi connectivity index (χ0) is 19.0. The van der Waals surface area contributed by atoms with E-state index in [2.05, 4.69) is 16.0 Å². The molecule has 0 radical (unpaired) electrons. The minimum atomic E-state index is -0.673. The van der Waals surface area contributed by atoms with Crippen LogP contribution in [0.3, 0.4) is 0 Å². The Hall–Kier alpha value is -2.87. The van der Waals surface area contributed by atoms with E-state index >= 15 is 0 Å². The number of fused-ring (bicyclic) bond motifs is 2. The molecule has 1 aliphatic carbocycles. The van der Waals surface area contributed by atoms with Crippen LogP contribution in [0.5, 0.6) is 0 Å². The summed E-state index contributed by atoms with van der Waals surface area (Å²) < 4.78 is 4.89. The molecule has 0 saturated carbocycles. The molecule has 0 fully saturated rings. The summed E-state index contributed by atoms with van der Waals surface area (Å²) >= 11 is 1.42. The van der Waals surface area contributed by atoms with Crippen molar-refractivity contribution in [2.75, 3.05) is 23.1 Å². The molecule has 0 spiro atoms. The molecule has 4 rings (SSSR count). The van der Waals surface area contributed by atoms with E-state index in [1.54, 1.807) is 6.07 Å². The maximum absolute atomic E-state index is 12.6. The molecular weight excluding hydrogens is 366 g/mol. The molecule has 27 heavy (non-hydrogen) atoms. The number of ether oxygens (including phenoxy) is 1. The summed E-state index contributed by atoms with van der Waals surface area (Å²) in [5, 5.41) is 9.20. The highest BCUT2D eigenvalue weighted by molar-refractivity contribution is 7.17. The molecule has 1 aromatic heterocycles. The molecule has 2 heterocycles. The minimum absolute atomic E-state index is 0.0383. The lowest BCUT2D eigenvalue weighted by atomic mass is 10.1. The topological polar surface area (TPSA) is 96.5 Å². The van der Waals surface area contributed by atoms with Gasteiger partial charge in [0.15, 0.2) is 0 Å². The number of benzene rings is 1. The second-order valence-corrected chi connectivity index (χ2v) is 7.64. The molecule has 8 heteroatoms. The number of esters is 1. The van der Waals surface area contributed by atoms with Gasteiger partial charge in [-0.05, 0) is 37.0 Å². The van der Waals surface area contributed by atoms with E-state index < -0.39 is 12.0 Å². The van der Waals surface area contributed by atoms with Crippen molar-refractivity contribution >= 4 is 45.5 Å². The largest absolute Gasteiger partial charge is 0.465 e. The van der Waals surface area contributed by atoms with Crippen molar-refractivity contribution in [2.45, 2.75) is 31.7 Å². The van der Waals surface area contributed by atoms with Gasteiger partial charge in [0.05, 0.1) is 30.5 Å². The number of nitrogens with one attached hydrogen (secondary N) is 3. The summed E-state index contributed by atoms with van der Waals surface area (Å²) in [5.74, 6) is -1.02. The van der Waals surface area contributed by atoms with Crippen LogP contribution >= 0.6 is 11.3 Å². The zero-order valence-electron chi connectivity index (χ0n) is 14.8. The normalized spacial score (nSPS) is 17.4. The van der Waals surface area contributed by atoms with Crippen molar-refractivity contribution in [2.24, 2.45) is 0 Å². The van der Waals surface area contributed by atoms with Crippen molar-refractivity contribution in [3.63, 3.8) is 0 Å². The monoisotopic (exact) mass is 385 g/mol. The number of para-hydroxylation sites is 2. The Balaban J connectivity index is 1.49. The molecule has 0 bridgehead atoms. The van der Waals surface area contributed by atoms with Gasteiger partial charge in [0, 0.05) is 4.88 Å². The lowest BCUT2D eigenvalue weighted by Crippen LogP contribution is -2.41. The van der Waals surface area contributed by atoms with Gasteiger partial charge in [-0.2, -0.15) is 0 Å². The van der Waals surface area contributed by atoms with Crippen LogP contribution in [-0.2, 0) is 27.2 Å². The molecule has 140 valence electrons. The number of thiophene rings is 1. The SMILES string of the molecule is COC(=O)c1c(NC(=O)C[C@@H]2Nc3ccccc3NC2=O)sc2c1CCC2. The highest BCUT2D eigenvalue weighted by atomic mass is 32.1. The summed E-state index contributed by atoms with van der Waals surface area (Å²) in [4.78, 5) is 38.1. The first-order chi connectivity index (χ1) is 13.1. The Labute approximate surface area is 160 Å². The highest BCUT2D eigenvalue weighted by Gasteiger charge is 2.30. The van der Waals surface area contributed by atoms with Gasteiger partial charge in [-0.1, -0.05) is 12.1 Å². The predicted molar refractivity (Wildman–Crippen MR) is 103 cm³/mol. The Morgan fingerprint density at radius 1 is 1.26 bits per heavy atom. The lowest BCUT2D eigenvalue weighted by Gasteiger charge is -2.26. The van der Waals surface area contributed by atoms with Gasteiger partial charge in [0.1, 0.15) is 11.0 Å². The molecule has 1 aliphatic heterocycles. The van der Waals surface area contributed by atoms with Crippen LogP contribution in [0.25, 0.3) is 0 Å². The van der Waals surface area contributed by atoms with Crippen molar-refractivity contribution in [3.8, 4) is 0 Å². The van der Waals surface area contributed by atoms with Gasteiger partial charge in [0.25, 0.3) is 0 Å². The first-order valence-electron chi connectivity index (χ1n) is 8.76. The van der Waals surface area contributed by atoms with Crippen LogP contribution in [0.15, 0.2) is 24.3 Å². The molecule has 0 saturated heterocycles. The number of carbonyl (C=O) groups excluding carboxylic acids is 3. The van der Waals surface area contributed by atoms with Gasteiger partial charge in [-0.3, -0.25) is 9.59 Å². The van der Waals surface area contributed by atoms with E-state index in [-0.39, 0.29) is 18.2 Å². The van der Waals surface area contributed by atoms with Crippen LogP contribution in [0.1, 0.15) is 33.6 Å². The third-order valence-electron chi connectivity index (χ3n) is 4.78. The van der Waals surface area contributed by atoms with Gasteiger partial charge in [-0.15, -0.1) is 11.3 Å². The van der Waals surface area contributed by atoms with Crippen LogP contribution in [-0.4, -0.2) is 30.9 Å². The molecule has 2 aromatic rings. The molecule has 7 nitrogen and oxygen atoms in total. The number of rotatable bonds is 4. The molecule has 0 unspecified atom stereocenters. The summed E-state index contributed by atoms with van der Waals surface area (Å²) in [7, 11) is 1.33. The number of hydrogen-bond acceptors (Lipinski definition) is 6. The molecule has 2 amide bonds. The maximum Gasteiger partial charge on any atom is 0.341 e. The van der Waals surface area contributed by atoms with Crippen molar-refractivity contribution in [1.29, 1.82) is 0 Å². The number of hydrogen-bond donors (Lipinski definition) is 3. The summed E-state index contributed by atoms with van der Waals surface area (Å²) in [6, 6.07) is 6.66. The third-order valence-corrected chi connectivity index (χ3v) is 5.99. The third kappa shape index (κ3) is 3.28. The van der Waals surface area contributed by atoms with E-state index in [9.17, 15) is 14.4 Å². The predicted octanol–water partition coefficient (Wildman–Crippen LogP) is 2.78. The molecular formula is C19H19N3O4S. The van der Waals surface area contributed by atoms with Crippen molar-refractivity contribution in [1.82, 2.24) is 0 Å². The summed E-state index contributed by atoms with van der Waals surface area (Å²) in [6.45, 7) is 0. The van der Waals surface area contributed by atoms with E-state index in [0.717, 1.165) is 35.4 Å². The Bertz CT molecular complexity index is 937. The molecule has 3 N–H and O–H groups in total. The first-order valence-corrected chi connectivity index (χ1v) is 9.57. The van der Waals surface area contributed by atoms with Crippen LogP contribution in [0.4, 0.5) is 16.4 Å². The van der Waals surface area contributed by atoms with Gasteiger partial charge < -0.3 is 20.7 Å². The zero-order valence-corrected chi connectivity index (χ0v) is 15.6. The van der Waals surface area contributed by atoms with E-state index in [0.29, 0.717) is 16.3 Å². The number of methoxy groups -OCH3 is 1. The number of amides is 2. The van der Waals surface area contributed by atoms with Crippen LogP contribution < -0.4 is 16.0 Å². The molecule has 2 aliphatic rings. The van der Waals surface area contributed by atoms with E-state index in [1.165, 1.54) is 18.4 Å². The fourth-order valence-corrected chi connectivity index (χ4v) is 4.80. The fourth-order valence-electron chi connectivity index (χ4n) is 3.51. The van der Waals surface area contributed by atoms with Gasteiger partial charge in [0.2, 0.25) is 11.8 Å². The van der Waals surface area contributed by atoms with Gasteiger partial charge >= 0.3 is 5.97 Å². The van der Waals surface area contributed by atoms with Crippen molar-refractivity contribution < 1.29 is 19.1 Å². The first kappa shape index (κ1) is 17.5.